The first-order valence-corrected chi connectivity index (χ1v) is 6.43. The molecule has 0 saturated heterocycles. The number of rotatable bonds is 3. The first-order valence-electron chi connectivity index (χ1n) is 4.76. The highest BCUT2D eigenvalue weighted by molar-refractivity contribution is 9.10. The van der Waals surface area contributed by atoms with Crippen LogP contribution in [0.15, 0.2) is 15.9 Å². The van der Waals surface area contributed by atoms with Gasteiger partial charge in [0, 0.05) is 14.7 Å². The van der Waals surface area contributed by atoms with E-state index in [0.29, 0.717) is 6.42 Å². The molecule has 1 aromatic heterocycles. The molecular formula is C11H15BrO2S. The van der Waals surface area contributed by atoms with E-state index < -0.39 is 5.97 Å². The van der Waals surface area contributed by atoms with Gasteiger partial charge >= 0.3 is 5.97 Å². The van der Waals surface area contributed by atoms with Gasteiger partial charge in [-0.25, -0.2) is 0 Å². The standard InChI is InChI=1S/C11H15BrO2S/c1-11(2,3)9(10(13)14)5-8-4-7(12)6-15-8/h4,6,9H,5H2,1-3H3,(H,13,14). The number of aliphatic carboxylic acids is 1. The van der Waals surface area contributed by atoms with Crippen LogP contribution in [0.3, 0.4) is 0 Å². The summed E-state index contributed by atoms with van der Waals surface area (Å²) in [5.41, 5.74) is -0.206. The van der Waals surface area contributed by atoms with E-state index in [9.17, 15) is 4.79 Å². The van der Waals surface area contributed by atoms with E-state index >= 15 is 0 Å². The monoisotopic (exact) mass is 290 g/mol. The van der Waals surface area contributed by atoms with Crippen molar-refractivity contribution in [3.8, 4) is 0 Å². The summed E-state index contributed by atoms with van der Waals surface area (Å²) in [6.45, 7) is 5.90. The predicted octanol–water partition coefficient (Wildman–Crippen LogP) is 3.80. The molecule has 0 fully saturated rings. The van der Waals surface area contributed by atoms with E-state index in [-0.39, 0.29) is 11.3 Å². The molecule has 0 radical (unpaired) electrons. The smallest absolute Gasteiger partial charge is 0.307 e. The number of carbonyl (C=O) groups is 1. The molecule has 2 nitrogen and oxygen atoms in total. The van der Waals surface area contributed by atoms with Crippen molar-refractivity contribution in [3.05, 3.63) is 20.8 Å². The minimum absolute atomic E-state index is 0.206. The third-order valence-electron chi connectivity index (χ3n) is 2.37. The Morgan fingerprint density at radius 2 is 2.20 bits per heavy atom. The summed E-state index contributed by atoms with van der Waals surface area (Å²) in [5.74, 6) is -1.05. The molecule has 1 rings (SSSR count). The first-order chi connectivity index (χ1) is 6.80. The fourth-order valence-corrected chi connectivity index (χ4v) is 2.92. The molecular weight excluding hydrogens is 276 g/mol. The van der Waals surface area contributed by atoms with Crippen LogP contribution in [0, 0.1) is 11.3 Å². The van der Waals surface area contributed by atoms with Gasteiger partial charge < -0.3 is 5.11 Å². The zero-order chi connectivity index (χ0) is 11.6. The molecule has 1 unspecified atom stereocenters. The first kappa shape index (κ1) is 12.7. The average molecular weight is 291 g/mol. The second kappa shape index (κ2) is 4.66. The van der Waals surface area contributed by atoms with Gasteiger partial charge in [-0.1, -0.05) is 20.8 Å². The molecule has 0 spiro atoms. The summed E-state index contributed by atoms with van der Waals surface area (Å²) >= 11 is 4.97. The summed E-state index contributed by atoms with van der Waals surface area (Å²) < 4.78 is 1.03. The molecule has 1 N–H and O–H groups in total. The van der Waals surface area contributed by atoms with Crippen LogP contribution in [0.5, 0.6) is 0 Å². The lowest BCUT2D eigenvalue weighted by Gasteiger charge is -2.26. The van der Waals surface area contributed by atoms with E-state index in [4.69, 9.17) is 5.11 Å². The van der Waals surface area contributed by atoms with Gasteiger partial charge in [0.05, 0.1) is 5.92 Å². The minimum atomic E-state index is -0.716. The molecule has 0 amide bonds. The van der Waals surface area contributed by atoms with Gasteiger partial charge in [0.2, 0.25) is 0 Å². The summed E-state index contributed by atoms with van der Waals surface area (Å²) in [6, 6.07) is 1.99. The van der Waals surface area contributed by atoms with Crippen LogP contribution in [-0.2, 0) is 11.2 Å². The zero-order valence-electron chi connectivity index (χ0n) is 9.08. The molecule has 84 valence electrons. The lowest BCUT2D eigenvalue weighted by atomic mass is 9.78. The molecule has 0 bridgehead atoms. The zero-order valence-corrected chi connectivity index (χ0v) is 11.5. The fourth-order valence-electron chi connectivity index (χ4n) is 1.43. The normalized spacial score (nSPS) is 13.9. The average Bonchev–Trinajstić information content (AvgIpc) is 2.44. The quantitative estimate of drug-likeness (QED) is 0.919. The Hall–Kier alpha value is -0.350. The minimum Gasteiger partial charge on any atom is -0.481 e. The number of hydrogen-bond donors (Lipinski definition) is 1. The van der Waals surface area contributed by atoms with Gasteiger partial charge in [0.1, 0.15) is 0 Å². The predicted molar refractivity (Wildman–Crippen MR) is 66.3 cm³/mol. The lowest BCUT2D eigenvalue weighted by molar-refractivity contribution is -0.145. The molecule has 0 aliphatic carbocycles. The van der Waals surface area contributed by atoms with Crippen LogP contribution in [0.25, 0.3) is 0 Å². The highest BCUT2D eigenvalue weighted by atomic mass is 79.9. The van der Waals surface area contributed by atoms with Crippen molar-refractivity contribution in [1.82, 2.24) is 0 Å². The Morgan fingerprint density at radius 1 is 1.60 bits per heavy atom. The summed E-state index contributed by atoms with van der Waals surface area (Å²) in [4.78, 5) is 12.3. The fraction of sp³-hybridized carbons (Fsp3) is 0.545. The van der Waals surface area contributed by atoms with E-state index in [2.05, 4.69) is 15.9 Å². The highest BCUT2D eigenvalue weighted by Crippen LogP contribution is 2.32. The largest absolute Gasteiger partial charge is 0.481 e. The second-order valence-corrected chi connectivity index (χ2v) is 6.60. The molecule has 0 aromatic carbocycles. The van der Waals surface area contributed by atoms with Crippen LogP contribution in [0.2, 0.25) is 0 Å². The van der Waals surface area contributed by atoms with Gasteiger partial charge in [-0.2, -0.15) is 0 Å². The van der Waals surface area contributed by atoms with Gasteiger partial charge in [0.15, 0.2) is 0 Å². The van der Waals surface area contributed by atoms with Gasteiger partial charge in [-0.05, 0) is 33.8 Å². The van der Waals surface area contributed by atoms with Crippen molar-refractivity contribution < 1.29 is 9.90 Å². The highest BCUT2D eigenvalue weighted by Gasteiger charge is 2.31. The number of carboxylic acid groups (broad SMARTS) is 1. The molecule has 0 aliphatic heterocycles. The van der Waals surface area contributed by atoms with Crippen molar-refractivity contribution >= 4 is 33.2 Å². The Bertz CT molecular complexity index is 352. The molecule has 1 aromatic rings. The van der Waals surface area contributed by atoms with Crippen molar-refractivity contribution in [2.45, 2.75) is 27.2 Å². The molecule has 1 atom stereocenters. The van der Waals surface area contributed by atoms with Crippen LogP contribution < -0.4 is 0 Å². The molecule has 4 heteroatoms. The van der Waals surface area contributed by atoms with Gasteiger partial charge in [-0.3, -0.25) is 4.79 Å². The summed E-state index contributed by atoms with van der Waals surface area (Å²) in [5, 5.41) is 11.2. The van der Waals surface area contributed by atoms with Gasteiger partial charge in [0.25, 0.3) is 0 Å². The third kappa shape index (κ3) is 3.61. The van der Waals surface area contributed by atoms with E-state index in [1.165, 1.54) is 0 Å². The van der Waals surface area contributed by atoms with Crippen molar-refractivity contribution in [3.63, 3.8) is 0 Å². The molecule has 1 heterocycles. The van der Waals surface area contributed by atoms with E-state index in [1.807, 2.05) is 32.2 Å². The number of halogens is 1. The van der Waals surface area contributed by atoms with Crippen molar-refractivity contribution in [2.75, 3.05) is 0 Å². The lowest BCUT2D eigenvalue weighted by Crippen LogP contribution is -2.30. The number of carboxylic acids is 1. The Morgan fingerprint density at radius 3 is 2.53 bits per heavy atom. The van der Waals surface area contributed by atoms with Gasteiger partial charge in [-0.15, -0.1) is 11.3 Å². The third-order valence-corrected chi connectivity index (χ3v) is 4.09. The Labute approximate surface area is 102 Å². The molecule has 0 saturated carbocycles. The SMILES string of the molecule is CC(C)(C)C(Cc1cc(Br)cs1)C(=O)O. The topological polar surface area (TPSA) is 37.3 Å². The molecule has 0 aliphatic rings. The molecule has 15 heavy (non-hydrogen) atoms. The Balaban J connectivity index is 2.81. The van der Waals surface area contributed by atoms with Crippen molar-refractivity contribution in [2.24, 2.45) is 11.3 Å². The van der Waals surface area contributed by atoms with Crippen LogP contribution in [0.1, 0.15) is 25.6 Å². The van der Waals surface area contributed by atoms with Crippen LogP contribution >= 0.6 is 27.3 Å². The number of hydrogen-bond acceptors (Lipinski definition) is 2. The van der Waals surface area contributed by atoms with Crippen molar-refractivity contribution in [1.29, 1.82) is 0 Å². The maximum atomic E-state index is 11.2. The van der Waals surface area contributed by atoms with Crippen LogP contribution in [0.4, 0.5) is 0 Å². The second-order valence-electron chi connectivity index (χ2n) is 4.69. The van der Waals surface area contributed by atoms with Crippen LogP contribution in [-0.4, -0.2) is 11.1 Å². The number of thiophene rings is 1. The van der Waals surface area contributed by atoms with E-state index in [0.717, 1.165) is 9.35 Å². The summed E-state index contributed by atoms with van der Waals surface area (Å²) in [7, 11) is 0. The van der Waals surface area contributed by atoms with E-state index in [1.54, 1.807) is 11.3 Å². The summed E-state index contributed by atoms with van der Waals surface area (Å²) in [6.07, 6.45) is 0.606. The Kier molecular flexibility index (Phi) is 3.95. The maximum absolute atomic E-state index is 11.2. The maximum Gasteiger partial charge on any atom is 0.307 e.